The van der Waals surface area contributed by atoms with Crippen LogP contribution in [0.25, 0.3) is 0 Å². The second-order valence-corrected chi connectivity index (χ2v) is 11.9. The van der Waals surface area contributed by atoms with Gasteiger partial charge in [-0.05, 0) is 38.5 Å². The third kappa shape index (κ3) is 20.8. The molecule has 38 heavy (non-hydrogen) atoms. The molecule has 2 atom stereocenters. The van der Waals surface area contributed by atoms with Gasteiger partial charge in [0.1, 0.15) is 12.2 Å². The number of carbonyl (C=O) groups is 2. The Kier molecular flexibility index (Phi) is 24.1. The van der Waals surface area contributed by atoms with Gasteiger partial charge in [0, 0.05) is 12.8 Å². The first-order valence-corrected chi connectivity index (χ1v) is 17.1. The summed E-state index contributed by atoms with van der Waals surface area (Å²) in [5.41, 5.74) is 0. The Bertz CT molecular complexity index is 499. The zero-order valence-corrected chi connectivity index (χ0v) is 25.6. The molecule has 0 aromatic rings. The van der Waals surface area contributed by atoms with Crippen molar-refractivity contribution in [1.29, 1.82) is 0 Å². The van der Waals surface area contributed by atoms with E-state index in [1.165, 1.54) is 116 Å². The highest BCUT2D eigenvalue weighted by Crippen LogP contribution is 2.25. The van der Waals surface area contributed by atoms with E-state index in [4.69, 9.17) is 9.47 Å². The van der Waals surface area contributed by atoms with Crippen LogP contribution >= 0.6 is 0 Å². The van der Waals surface area contributed by atoms with E-state index in [0.29, 0.717) is 12.8 Å². The maximum absolute atomic E-state index is 12.4. The van der Waals surface area contributed by atoms with Gasteiger partial charge in [0.2, 0.25) is 0 Å². The van der Waals surface area contributed by atoms with Crippen LogP contribution in [0.2, 0.25) is 0 Å². The van der Waals surface area contributed by atoms with Gasteiger partial charge in [0.25, 0.3) is 0 Å². The van der Waals surface area contributed by atoms with E-state index in [1.807, 2.05) is 0 Å². The lowest BCUT2D eigenvalue weighted by molar-refractivity contribution is -0.171. The molecule has 1 aliphatic carbocycles. The van der Waals surface area contributed by atoms with Crippen molar-refractivity contribution in [2.45, 2.75) is 206 Å². The summed E-state index contributed by atoms with van der Waals surface area (Å²) in [7, 11) is 0. The van der Waals surface area contributed by atoms with Gasteiger partial charge in [-0.2, -0.15) is 0 Å². The monoisotopic (exact) mass is 536 g/mol. The maximum Gasteiger partial charge on any atom is 0.306 e. The van der Waals surface area contributed by atoms with E-state index in [0.717, 1.165) is 51.4 Å². The summed E-state index contributed by atoms with van der Waals surface area (Å²) in [5.74, 6) is -0.224. The van der Waals surface area contributed by atoms with Crippen LogP contribution in [0, 0.1) is 0 Å². The average Bonchev–Trinajstić information content (AvgIpc) is 2.91. The molecule has 0 spiro atoms. The molecule has 1 fully saturated rings. The Morgan fingerprint density at radius 3 is 1.00 bits per heavy atom. The van der Waals surface area contributed by atoms with Crippen molar-refractivity contribution in [3.63, 3.8) is 0 Å². The zero-order valence-electron chi connectivity index (χ0n) is 25.6. The van der Waals surface area contributed by atoms with Crippen molar-refractivity contribution in [2.24, 2.45) is 0 Å². The van der Waals surface area contributed by atoms with Crippen molar-refractivity contribution in [3.05, 3.63) is 0 Å². The lowest BCUT2D eigenvalue weighted by Crippen LogP contribution is -2.37. The maximum atomic E-state index is 12.4. The van der Waals surface area contributed by atoms with Crippen molar-refractivity contribution in [2.75, 3.05) is 0 Å². The number of hydrogen-bond acceptors (Lipinski definition) is 4. The topological polar surface area (TPSA) is 52.6 Å². The molecule has 0 bridgehead atoms. The number of rotatable bonds is 26. The molecule has 1 aliphatic rings. The summed E-state index contributed by atoms with van der Waals surface area (Å²) in [6.45, 7) is 4.53. The normalized spacial score (nSPS) is 17.4. The number of esters is 2. The number of unbranched alkanes of at least 4 members (excludes halogenated alkanes) is 20. The minimum atomic E-state index is -0.245. The summed E-state index contributed by atoms with van der Waals surface area (Å²) in [6, 6.07) is 0. The van der Waals surface area contributed by atoms with E-state index in [2.05, 4.69) is 13.8 Å². The van der Waals surface area contributed by atoms with Crippen LogP contribution in [-0.4, -0.2) is 24.1 Å². The quantitative estimate of drug-likeness (QED) is 0.0814. The van der Waals surface area contributed by atoms with E-state index < -0.39 is 0 Å². The predicted molar refractivity (Wildman–Crippen MR) is 160 cm³/mol. The lowest BCUT2D eigenvalue weighted by Gasteiger charge is -2.30. The van der Waals surface area contributed by atoms with Crippen molar-refractivity contribution in [3.8, 4) is 0 Å². The SMILES string of the molecule is CCCCCCCCCCCCCC(=O)O[C@@H]1CCCC[C@H]1OC(=O)CCCCCCCCCCCCC. The van der Waals surface area contributed by atoms with Crippen LogP contribution in [0.5, 0.6) is 0 Å². The fourth-order valence-electron chi connectivity index (χ4n) is 5.66. The van der Waals surface area contributed by atoms with Crippen LogP contribution in [0.3, 0.4) is 0 Å². The van der Waals surface area contributed by atoms with Crippen molar-refractivity contribution < 1.29 is 19.1 Å². The summed E-state index contributed by atoms with van der Waals surface area (Å²) in [5, 5.41) is 0. The summed E-state index contributed by atoms with van der Waals surface area (Å²) in [4.78, 5) is 24.8. The number of carbonyl (C=O) groups excluding carboxylic acids is 2. The molecule has 0 aliphatic heterocycles. The molecular formula is C34H64O4. The second-order valence-electron chi connectivity index (χ2n) is 11.9. The average molecular weight is 537 g/mol. The third-order valence-electron chi connectivity index (χ3n) is 8.18. The molecule has 0 aromatic heterocycles. The first-order chi connectivity index (χ1) is 18.7. The molecule has 1 rings (SSSR count). The first-order valence-electron chi connectivity index (χ1n) is 17.1. The Labute approximate surface area is 236 Å². The molecular weight excluding hydrogens is 472 g/mol. The standard InChI is InChI=1S/C34H64O4/c1-3-5-7-9-11-13-15-17-19-21-23-29-33(35)37-31-27-25-26-28-32(31)38-34(36)30-24-22-20-18-16-14-12-10-8-6-4-2/h31-32H,3-30H2,1-2H3/t31-,32-/m1/s1. The van der Waals surface area contributed by atoms with E-state index in [1.54, 1.807) is 0 Å². The minimum absolute atomic E-state index is 0.112. The highest BCUT2D eigenvalue weighted by molar-refractivity contribution is 5.70. The van der Waals surface area contributed by atoms with Gasteiger partial charge < -0.3 is 9.47 Å². The van der Waals surface area contributed by atoms with Gasteiger partial charge >= 0.3 is 11.9 Å². The molecule has 0 amide bonds. The van der Waals surface area contributed by atoms with Crippen LogP contribution in [0.1, 0.15) is 194 Å². The summed E-state index contributed by atoms with van der Waals surface area (Å²) < 4.78 is 11.6. The van der Waals surface area contributed by atoms with Gasteiger partial charge in [-0.3, -0.25) is 9.59 Å². The third-order valence-corrected chi connectivity index (χ3v) is 8.18. The Morgan fingerprint density at radius 2 is 0.711 bits per heavy atom. The van der Waals surface area contributed by atoms with Gasteiger partial charge in [0.05, 0.1) is 0 Å². The molecule has 0 aromatic carbocycles. The fraction of sp³-hybridized carbons (Fsp3) is 0.941. The molecule has 0 unspecified atom stereocenters. The molecule has 0 radical (unpaired) electrons. The highest BCUT2D eigenvalue weighted by Gasteiger charge is 2.31. The lowest BCUT2D eigenvalue weighted by atomic mass is 9.94. The van der Waals surface area contributed by atoms with Gasteiger partial charge in [-0.25, -0.2) is 0 Å². The molecule has 0 heterocycles. The Hall–Kier alpha value is -1.06. The number of hydrogen-bond donors (Lipinski definition) is 0. The second kappa shape index (κ2) is 26.2. The van der Waals surface area contributed by atoms with E-state index in [9.17, 15) is 9.59 Å². The molecule has 1 saturated carbocycles. The largest absolute Gasteiger partial charge is 0.458 e. The van der Waals surface area contributed by atoms with Crippen LogP contribution in [-0.2, 0) is 19.1 Å². The van der Waals surface area contributed by atoms with Crippen LogP contribution in [0.15, 0.2) is 0 Å². The van der Waals surface area contributed by atoms with E-state index >= 15 is 0 Å². The van der Waals surface area contributed by atoms with Crippen molar-refractivity contribution in [1.82, 2.24) is 0 Å². The number of ether oxygens (including phenoxy) is 2. The van der Waals surface area contributed by atoms with Crippen LogP contribution in [0.4, 0.5) is 0 Å². The van der Waals surface area contributed by atoms with Crippen LogP contribution < -0.4 is 0 Å². The van der Waals surface area contributed by atoms with Crippen molar-refractivity contribution >= 4 is 11.9 Å². The summed E-state index contributed by atoms with van der Waals surface area (Å²) in [6.07, 6.45) is 32.3. The first kappa shape index (κ1) is 35.0. The molecule has 0 N–H and O–H groups in total. The minimum Gasteiger partial charge on any atom is -0.458 e. The summed E-state index contributed by atoms with van der Waals surface area (Å²) >= 11 is 0. The molecule has 0 saturated heterocycles. The molecule has 4 heteroatoms. The molecule has 224 valence electrons. The highest BCUT2D eigenvalue weighted by atomic mass is 16.6. The Balaban J connectivity index is 2.04. The molecule has 4 nitrogen and oxygen atoms in total. The smallest absolute Gasteiger partial charge is 0.306 e. The Morgan fingerprint density at radius 1 is 0.447 bits per heavy atom. The van der Waals surface area contributed by atoms with Gasteiger partial charge in [-0.1, -0.05) is 142 Å². The van der Waals surface area contributed by atoms with Gasteiger partial charge in [-0.15, -0.1) is 0 Å². The zero-order chi connectivity index (χ0) is 27.5. The fourth-order valence-corrected chi connectivity index (χ4v) is 5.66. The van der Waals surface area contributed by atoms with E-state index in [-0.39, 0.29) is 24.1 Å². The predicted octanol–water partition coefficient (Wildman–Crippen LogP) is 10.8. The van der Waals surface area contributed by atoms with Gasteiger partial charge in [0.15, 0.2) is 0 Å².